The van der Waals surface area contributed by atoms with Crippen LogP contribution in [-0.2, 0) is 0 Å². The van der Waals surface area contributed by atoms with Gasteiger partial charge in [0.05, 0.1) is 14.9 Å². The molecule has 0 aliphatic heterocycles. The Morgan fingerprint density at radius 1 is 0.773 bits per heavy atom. The van der Waals surface area contributed by atoms with Crippen molar-refractivity contribution in [1.82, 2.24) is 0 Å². The molecule has 0 radical (unpaired) electrons. The first-order valence-corrected chi connectivity index (χ1v) is 7.94. The molecule has 7 heteroatoms. The highest BCUT2D eigenvalue weighted by Gasteiger charge is 2.35. The van der Waals surface area contributed by atoms with E-state index in [0.717, 1.165) is 12.1 Å². The number of rotatable bonds is 1. The van der Waals surface area contributed by atoms with Crippen LogP contribution in [0.2, 0.25) is 0 Å². The lowest BCUT2D eigenvalue weighted by atomic mass is 9.82. The topological polar surface area (TPSA) is 94.8 Å². The van der Waals surface area contributed by atoms with E-state index in [-0.39, 0.29) is 37.5 Å². The Kier molecular flexibility index (Phi) is 3.49. The highest BCUT2D eigenvalue weighted by molar-refractivity contribution is 9.24. The number of alkyl halides is 2. The number of fused-ring (bicyclic) bond motifs is 2. The Balaban J connectivity index is 2.34. The summed E-state index contributed by atoms with van der Waals surface area (Å²) in [5, 5.41) is 29.5. The molecule has 0 saturated carbocycles. The second-order valence-corrected chi connectivity index (χ2v) is 7.87. The maximum atomic E-state index is 12.6. The number of phenolic OH excluding ortho intramolecular Hbond substituents is 3. The lowest BCUT2D eigenvalue weighted by Crippen LogP contribution is -2.21. The van der Waals surface area contributed by atoms with Crippen LogP contribution in [-0.4, -0.2) is 26.9 Å². The highest BCUT2D eigenvalue weighted by atomic mass is 79.9. The molecule has 0 fully saturated rings. The standard InChI is InChI=1S/C15H8Br2O5/c16-15(17)5-1-7-11(9(19)2-5)14(22)12-8(13(7)21)3-6(18)4-10(12)20/h1-4,15,18-20H. The van der Waals surface area contributed by atoms with E-state index in [1.54, 1.807) is 0 Å². The molecule has 1 aliphatic rings. The maximum Gasteiger partial charge on any atom is 0.201 e. The Bertz CT molecular complexity index is 842. The molecule has 5 nitrogen and oxygen atoms in total. The van der Waals surface area contributed by atoms with Gasteiger partial charge in [-0.25, -0.2) is 0 Å². The summed E-state index contributed by atoms with van der Waals surface area (Å²) in [6.45, 7) is 0. The van der Waals surface area contributed by atoms with E-state index >= 15 is 0 Å². The van der Waals surface area contributed by atoms with Crippen LogP contribution in [0.4, 0.5) is 0 Å². The summed E-state index contributed by atoms with van der Waals surface area (Å²) in [5.74, 6) is -2.37. The van der Waals surface area contributed by atoms with Crippen molar-refractivity contribution >= 4 is 43.4 Å². The highest BCUT2D eigenvalue weighted by Crippen LogP contribution is 2.41. The van der Waals surface area contributed by atoms with Crippen LogP contribution in [0.15, 0.2) is 24.3 Å². The minimum absolute atomic E-state index is 0.0291. The average Bonchev–Trinajstić information content (AvgIpc) is 2.42. The number of benzene rings is 2. The fraction of sp³-hybridized carbons (Fsp3) is 0.0667. The zero-order valence-electron chi connectivity index (χ0n) is 10.8. The second kappa shape index (κ2) is 5.10. The minimum Gasteiger partial charge on any atom is -0.508 e. The zero-order valence-corrected chi connectivity index (χ0v) is 14.0. The molecule has 22 heavy (non-hydrogen) atoms. The van der Waals surface area contributed by atoms with Gasteiger partial charge in [0.15, 0.2) is 5.78 Å². The van der Waals surface area contributed by atoms with Crippen molar-refractivity contribution in [3.05, 3.63) is 52.1 Å². The molecule has 0 saturated heterocycles. The van der Waals surface area contributed by atoms with E-state index in [4.69, 9.17) is 0 Å². The summed E-state index contributed by atoms with van der Waals surface area (Å²) in [5.41, 5.74) is 0.134. The van der Waals surface area contributed by atoms with E-state index in [1.807, 2.05) is 0 Å². The number of aromatic hydroxyl groups is 3. The third kappa shape index (κ3) is 2.12. The lowest BCUT2D eigenvalue weighted by Gasteiger charge is -2.20. The Morgan fingerprint density at radius 2 is 1.32 bits per heavy atom. The molecule has 0 amide bonds. The van der Waals surface area contributed by atoms with Gasteiger partial charge in [0.2, 0.25) is 5.78 Å². The largest absolute Gasteiger partial charge is 0.508 e. The van der Waals surface area contributed by atoms with E-state index in [0.29, 0.717) is 5.56 Å². The molecule has 2 aromatic carbocycles. The molecule has 112 valence electrons. The SMILES string of the molecule is O=C1c2cc(O)cc(O)c2C(=O)c2c(O)cc(C(Br)Br)cc21. The summed E-state index contributed by atoms with van der Waals surface area (Å²) in [4.78, 5) is 25.1. The number of hydrogen-bond donors (Lipinski definition) is 3. The fourth-order valence-corrected chi connectivity index (χ4v) is 3.02. The van der Waals surface area contributed by atoms with Crippen LogP contribution in [0.25, 0.3) is 0 Å². The molecule has 0 bridgehead atoms. The van der Waals surface area contributed by atoms with Crippen LogP contribution < -0.4 is 0 Å². The molecule has 2 aromatic rings. The van der Waals surface area contributed by atoms with Crippen molar-refractivity contribution in [1.29, 1.82) is 0 Å². The van der Waals surface area contributed by atoms with Gasteiger partial charge >= 0.3 is 0 Å². The van der Waals surface area contributed by atoms with Gasteiger partial charge in [0.25, 0.3) is 0 Å². The van der Waals surface area contributed by atoms with Gasteiger partial charge in [0.1, 0.15) is 17.2 Å². The molecular weight excluding hydrogens is 420 g/mol. The smallest absolute Gasteiger partial charge is 0.201 e. The molecule has 3 rings (SSSR count). The van der Waals surface area contributed by atoms with E-state index in [9.17, 15) is 24.9 Å². The number of ketones is 2. The van der Waals surface area contributed by atoms with E-state index < -0.39 is 17.3 Å². The summed E-state index contributed by atoms with van der Waals surface area (Å²) < 4.78 is -0.307. The van der Waals surface area contributed by atoms with Crippen molar-refractivity contribution in [2.24, 2.45) is 0 Å². The summed E-state index contributed by atoms with van der Waals surface area (Å²) in [6, 6.07) is 4.95. The average molecular weight is 428 g/mol. The molecular formula is C15H8Br2O5. The summed E-state index contributed by atoms with van der Waals surface area (Å²) in [7, 11) is 0. The minimum atomic E-state index is -0.660. The molecule has 3 N–H and O–H groups in total. The third-order valence-electron chi connectivity index (χ3n) is 3.44. The summed E-state index contributed by atoms with van der Waals surface area (Å²) >= 11 is 6.53. The number of phenols is 3. The van der Waals surface area contributed by atoms with Gasteiger partial charge in [0, 0.05) is 17.2 Å². The van der Waals surface area contributed by atoms with Crippen LogP contribution in [0.5, 0.6) is 17.2 Å². The molecule has 0 spiro atoms. The van der Waals surface area contributed by atoms with Crippen molar-refractivity contribution in [2.75, 3.05) is 0 Å². The van der Waals surface area contributed by atoms with Crippen LogP contribution >= 0.6 is 31.9 Å². The van der Waals surface area contributed by atoms with Gasteiger partial charge in [-0.3, -0.25) is 9.59 Å². The van der Waals surface area contributed by atoms with Crippen LogP contribution in [0.1, 0.15) is 41.1 Å². The van der Waals surface area contributed by atoms with Crippen molar-refractivity contribution in [3.8, 4) is 17.2 Å². The molecule has 0 unspecified atom stereocenters. The van der Waals surface area contributed by atoms with Crippen LogP contribution in [0.3, 0.4) is 0 Å². The molecule has 0 heterocycles. The first kappa shape index (κ1) is 15.1. The number of carbonyl (C=O) groups is 2. The van der Waals surface area contributed by atoms with Gasteiger partial charge in [-0.15, -0.1) is 0 Å². The van der Waals surface area contributed by atoms with Gasteiger partial charge in [-0.05, 0) is 23.8 Å². The first-order valence-electron chi connectivity index (χ1n) is 6.11. The lowest BCUT2D eigenvalue weighted by molar-refractivity contribution is 0.0974. The van der Waals surface area contributed by atoms with E-state index in [1.165, 1.54) is 12.1 Å². The van der Waals surface area contributed by atoms with Crippen molar-refractivity contribution in [2.45, 2.75) is 3.74 Å². The summed E-state index contributed by atoms with van der Waals surface area (Å²) in [6.07, 6.45) is 0. The predicted octanol–water partition coefficient (Wildman–Crippen LogP) is 3.37. The van der Waals surface area contributed by atoms with Crippen molar-refractivity contribution < 1.29 is 24.9 Å². The maximum absolute atomic E-state index is 12.6. The molecule has 0 atom stereocenters. The van der Waals surface area contributed by atoms with Gasteiger partial charge in [-0.1, -0.05) is 31.9 Å². The molecule has 0 aromatic heterocycles. The number of carbonyl (C=O) groups excluding carboxylic acids is 2. The Morgan fingerprint density at radius 3 is 1.91 bits per heavy atom. The zero-order chi connectivity index (χ0) is 16.2. The normalized spacial score (nSPS) is 13.2. The van der Waals surface area contributed by atoms with Gasteiger partial charge in [-0.2, -0.15) is 0 Å². The second-order valence-electron chi connectivity index (χ2n) is 4.81. The Labute approximate surface area is 141 Å². The fourth-order valence-electron chi connectivity index (χ4n) is 2.49. The number of hydrogen-bond acceptors (Lipinski definition) is 5. The monoisotopic (exact) mass is 426 g/mol. The Hall–Kier alpha value is -1.86. The van der Waals surface area contributed by atoms with Crippen molar-refractivity contribution in [3.63, 3.8) is 0 Å². The first-order chi connectivity index (χ1) is 10.3. The van der Waals surface area contributed by atoms with Crippen LogP contribution in [0, 0.1) is 0 Å². The third-order valence-corrected chi connectivity index (χ3v) is 4.49. The number of halogens is 2. The van der Waals surface area contributed by atoms with Gasteiger partial charge < -0.3 is 15.3 Å². The predicted molar refractivity (Wildman–Crippen MR) is 85.3 cm³/mol. The quantitative estimate of drug-likeness (QED) is 0.517. The molecule has 1 aliphatic carbocycles. The van der Waals surface area contributed by atoms with E-state index in [2.05, 4.69) is 31.9 Å².